The molecular formula is C22H28N4O2. The molecule has 6 heteroatoms. The van der Waals surface area contributed by atoms with Crippen molar-refractivity contribution in [1.82, 2.24) is 14.9 Å². The third kappa shape index (κ3) is 4.11. The van der Waals surface area contributed by atoms with Gasteiger partial charge in [-0.25, -0.2) is 14.8 Å². The maximum absolute atomic E-state index is 12.4. The van der Waals surface area contributed by atoms with Crippen LogP contribution in [0.25, 0.3) is 0 Å². The first-order valence-electron chi connectivity index (χ1n) is 10.0. The van der Waals surface area contributed by atoms with E-state index in [1.807, 2.05) is 56.3 Å². The second-order valence-electron chi connectivity index (χ2n) is 8.73. The van der Waals surface area contributed by atoms with Gasteiger partial charge in [-0.05, 0) is 44.7 Å². The van der Waals surface area contributed by atoms with E-state index in [0.29, 0.717) is 13.1 Å². The normalized spacial score (nSPS) is 21.7. The second-order valence-corrected chi connectivity index (χ2v) is 8.73. The molecule has 0 radical (unpaired) electrons. The number of hydrogen-bond acceptors (Lipinski definition) is 5. The fourth-order valence-electron chi connectivity index (χ4n) is 4.11. The van der Waals surface area contributed by atoms with Gasteiger partial charge in [0.2, 0.25) is 5.95 Å². The lowest BCUT2D eigenvalue weighted by atomic mass is 10.1. The summed E-state index contributed by atoms with van der Waals surface area (Å²) in [6, 6.07) is 10.9. The lowest BCUT2D eigenvalue weighted by Gasteiger charge is -2.41. The van der Waals surface area contributed by atoms with Crippen LogP contribution in [0.2, 0.25) is 0 Å². The molecule has 4 rings (SSSR count). The van der Waals surface area contributed by atoms with E-state index in [0.717, 1.165) is 30.8 Å². The Balaban J connectivity index is 1.42. The van der Waals surface area contributed by atoms with Crippen LogP contribution < -0.4 is 4.90 Å². The molecule has 148 valence electrons. The molecule has 2 aliphatic rings. The molecule has 0 unspecified atom stereocenters. The van der Waals surface area contributed by atoms with Gasteiger partial charge in [-0.3, -0.25) is 0 Å². The van der Waals surface area contributed by atoms with E-state index in [2.05, 4.69) is 27.0 Å². The Morgan fingerprint density at radius 2 is 1.64 bits per heavy atom. The lowest BCUT2D eigenvalue weighted by molar-refractivity contribution is 0.0209. The summed E-state index contributed by atoms with van der Waals surface area (Å²) in [6.45, 7) is 7.04. The fourth-order valence-corrected chi connectivity index (χ4v) is 4.11. The van der Waals surface area contributed by atoms with Crippen molar-refractivity contribution in [3.05, 3.63) is 53.9 Å². The molecule has 2 aliphatic heterocycles. The topological polar surface area (TPSA) is 58.6 Å². The predicted molar refractivity (Wildman–Crippen MR) is 108 cm³/mol. The Kier molecular flexibility index (Phi) is 4.96. The molecule has 2 fully saturated rings. The Labute approximate surface area is 166 Å². The highest BCUT2D eigenvalue weighted by molar-refractivity contribution is 5.69. The largest absolute Gasteiger partial charge is 0.444 e. The molecule has 0 N–H and O–H groups in total. The standard InChI is InChI=1S/C22H28N4O2/c1-22(2,3)28-21(27)25-14-18-9-10-19(15-25)26(18)20-23-12-17(13-24-20)11-16-7-5-4-6-8-16/h4-8,12-13,18-19H,9-11,14-15H2,1-3H3/t18-,19+. The van der Waals surface area contributed by atoms with Gasteiger partial charge in [0.15, 0.2) is 0 Å². The van der Waals surface area contributed by atoms with E-state index in [4.69, 9.17) is 4.74 Å². The van der Waals surface area contributed by atoms with Gasteiger partial charge in [0.25, 0.3) is 0 Å². The molecule has 2 atom stereocenters. The molecule has 0 saturated carbocycles. The Hall–Kier alpha value is -2.63. The highest BCUT2D eigenvalue weighted by Crippen LogP contribution is 2.33. The first-order valence-corrected chi connectivity index (χ1v) is 10.0. The van der Waals surface area contributed by atoms with Crippen molar-refractivity contribution < 1.29 is 9.53 Å². The van der Waals surface area contributed by atoms with Crippen LogP contribution in [-0.4, -0.2) is 51.7 Å². The van der Waals surface area contributed by atoms with Gasteiger partial charge >= 0.3 is 6.09 Å². The predicted octanol–water partition coefficient (Wildman–Crippen LogP) is 3.66. The lowest BCUT2D eigenvalue weighted by Crippen LogP contribution is -2.56. The summed E-state index contributed by atoms with van der Waals surface area (Å²) in [7, 11) is 0. The summed E-state index contributed by atoms with van der Waals surface area (Å²) in [4.78, 5) is 25.9. The minimum absolute atomic E-state index is 0.219. The van der Waals surface area contributed by atoms with Crippen LogP contribution in [0.1, 0.15) is 44.7 Å². The zero-order valence-electron chi connectivity index (χ0n) is 16.8. The smallest absolute Gasteiger partial charge is 0.410 e. The number of carbonyl (C=O) groups is 1. The van der Waals surface area contributed by atoms with E-state index < -0.39 is 5.60 Å². The minimum Gasteiger partial charge on any atom is -0.444 e. The van der Waals surface area contributed by atoms with E-state index in [1.165, 1.54) is 5.56 Å². The molecule has 28 heavy (non-hydrogen) atoms. The number of nitrogens with zero attached hydrogens (tertiary/aromatic N) is 4. The van der Waals surface area contributed by atoms with Crippen LogP contribution in [-0.2, 0) is 11.2 Å². The van der Waals surface area contributed by atoms with E-state index in [9.17, 15) is 4.79 Å². The maximum atomic E-state index is 12.4. The third-order valence-electron chi connectivity index (χ3n) is 5.31. The second kappa shape index (κ2) is 7.41. The number of aromatic nitrogens is 2. The fraction of sp³-hybridized carbons (Fsp3) is 0.500. The van der Waals surface area contributed by atoms with Crippen LogP contribution in [0.4, 0.5) is 10.7 Å². The summed E-state index contributed by atoms with van der Waals surface area (Å²) in [6.07, 6.45) is 6.57. The van der Waals surface area contributed by atoms with E-state index in [-0.39, 0.29) is 18.2 Å². The summed E-state index contributed by atoms with van der Waals surface area (Å²) in [5.74, 6) is 0.771. The van der Waals surface area contributed by atoms with Crippen molar-refractivity contribution in [1.29, 1.82) is 0 Å². The minimum atomic E-state index is -0.467. The highest BCUT2D eigenvalue weighted by atomic mass is 16.6. The molecule has 2 saturated heterocycles. The van der Waals surface area contributed by atoms with Gasteiger partial charge < -0.3 is 14.5 Å². The molecule has 0 spiro atoms. The number of hydrogen-bond donors (Lipinski definition) is 0. The SMILES string of the molecule is CC(C)(C)OC(=O)N1C[C@H]2CC[C@@H](C1)N2c1ncc(Cc2ccccc2)cn1. The summed E-state index contributed by atoms with van der Waals surface area (Å²) in [5.41, 5.74) is 1.89. The quantitative estimate of drug-likeness (QED) is 0.813. The van der Waals surface area contributed by atoms with Gasteiger partial charge in [-0.15, -0.1) is 0 Å². The van der Waals surface area contributed by atoms with Crippen LogP contribution in [0.15, 0.2) is 42.7 Å². The molecular weight excluding hydrogens is 352 g/mol. The van der Waals surface area contributed by atoms with Crippen molar-refractivity contribution in [2.45, 2.75) is 57.7 Å². The average Bonchev–Trinajstić information content (AvgIpc) is 2.91. The molecule has 1 aromatic carbocycles. The van der Waals surface area contributed by atoms with Gasteiger partial charge in [-0.1, -0.05) is 30.3 Å². The molecule has 3 heterocycles. The Morgan fingerprint density at radius 1 is 1.04 bits per heavy atom. The van der Waals surface area contributed by atoms with Gasteiger partial charge in [-0.2, -0.15) is 0 Å². The van der Waals surface area contributed by atoms with Crippen molar-refractivity contribution in [3.63, 3.8) is 0 Å². The maximum Gasteiger partial charge on any atom is 0.410 e. The van der Waals surface area contributed by atoms with Crippen LogP contribution in [0.3, 0.4) is 0 Å². The molecule has 2 bridgehead atoms. The zero-order chi connectivity index (χ0) is 19.7. The molecule has 6 nitrogen and oxygen atoms in total. The Bertz CT molecular complexity index is 803. The molecule has 1 aromatic heterocycles. The monoisotopic (exact) mass is 380 g/mol. The number of carbonyl (C=O) groups excluding carboxylic acids is 1. The summed E-state index contributed by atoms with van der Waals surface area (Å²) in [5, 5.41) is 0. The first kappa shape index (κ1) is 18.7. The molecule has 1 amide bonds. The van der Waals surface area contributed by atoms with E-state index >= 15 is 0 Å². The number of amides is 1. The number of likely N-dealkylation sites (tertiary alicyclic amines) is 1. The van der Waals surface area contributed by atoms with Crippen LogP contribution in [0, 0.1) is 0 Å². The third-order valence-corrected chi connectivity index (χ3v) is 5.31. The molecule has 2 aromatic rings. The summed E-state index contributed by atoms with van der Waals surface area (Å²) < 4.78 is 5.55. The van der Waals surface area contributed by atoms with Gasteiger partial charge in [0.1, 0.15) is 5.60 Å². The highest BCUT2D eigenvalue weighted by Gasteiger charge is 2.43. The van der Waals surface area contributed by atoms with Crippen molar-refractivity contribution >= 4 is 12.0 Å². The number of anilines is 1. The van der Waals surface area contributed by atoms with Gasteiger partial charge in [0.05, 0.1) is 12.1 Å². The summed E-state index contributed by atoms with van der Waals surface area (Å²) >= 11 is 0. The molecule has 0 aliphatic carbocycles. The number of benzene rings is 1. The van der Waals surface area contributed by atoms with Gasteiger partial charge in [0, 0.05) is 31.9 Å². The zero-order valence-corrected chi connectivity index (χ0v) is 16.8. The number of piperazine rings is 1. The van der Waals surface area contributed by atoms with Crippen LogP contribution in [0.5, 0.6) is 0 Å². The first-order chi connectivity index (χ1) is 13.4. The van der Waals surface area contributed by atoms with E-state index in [1.54, 1.807) is 0 Å². The average molecular weight is 380 g/mol. The van der Waals surface area contributed by atoms with Crippen molar-refractivity contribution in [2.75, 3.05) is 18.0 Å². The number of fused-ring (bicyclic) bond motifs is 2. The van der Waals surface area contributed by atoms with Crippen molar-refractivity contribution in [3.8, 4) is 0 Å². The number of ether oxygens (including phenoxy) is 1. The number of rotatable bonds is 3. The van der Waals surface area contributed by atoms with Crippen molar-refractivity contribution in [2.24, 2.45) is 0 Å². The Morgan fingerprint density at radius 3 is 2.21 bits per heavy atom. The van der Waals surface area contributed by atoms with Crippen LogP contribution >= 0.6 is 0 Å².